The molecule has 0 aliphatic heterocycles. The van der Waals surface area contributed by atoms with Gasteiger partial charge in [-0.05, 0) is 62.2 Å². The van der Waals surface area contributed by atoms with Crippen molar-refractivity contribution in [3.05, 3.63) is 71.9 Å². The van der Waals surface area contributed by atoms with Crippen molar-refractivity contribution in [1.29, 1.82) is 0 Å². The second kappa shape index (κ2) is 13.0. The van der Waals surface area contributed by atoms with E-state index in [1.807, 2.05) is 24.3 Å². The van der Waals surface area contributed by atoms with Crippen molar-refractivity contribution in [2.45, 2.75) is 49.5 Å². The van der Waals surface area contributed by atoms with Crippen molar-refractivity contribution in [3.63, 3.8) is 0 Å². The standard InChI is InChI=1S/C27H34F3N7O2/c28-27(29,30)19-7-5-17(6-8-19)13-23(37-24(38)21(33)15-26(34,9-11-31)10-12-32)25(39)36-20-14-18-3-1-2-4-22(18)35-16-20/h1-8,14,16,21,23H,9-13,15,31-34H2,(H,36,39)(H,37,38)/t21-,23+/m0/s1. The maximum absolute atomic E-state index is 13.3. The number of fused-ring (bicyclic) bond motifs is 1. The number of para-hydroxylation sites is 1. The van der Waals surface area contributed by atoms with Gasteiger partial charge in [-0.15, -0.1) is 0 Å². The van der Waals surface area contributed by atoms with E-state index in [2.05, 4.69) is 15.6 Å². The number of pyridine rings is 1. The monoisotopic (exact) mass is 545 g/mol. The number of hydrogen-bond acceptors (Lipinski definition) is 7. The second-order valence-electron chi connectivity index (χ2n) is 9.62. The molecule has 2 atom stereocenters. The zero-order chi connectivity index (χ0) is 28.6. The average molecular weight is 546 g/mol. The summed E-state index contributed by atoms with van der Waals surface area (Å²) in [7, 11) is 0. The Labute approximate surface area is 224 Å². The number of nitrogens with one attached hydrogen (secondary N) is 2. The average Bonchev–Trinajstić information content (AvgIpc) is 2.88. The minimum Gasteiger partial charge on any atom is -0.343 e. The molecule has 39 heavy (non-hydrogen) atoms. The minimum absolute atomic E-state index is 0.0798. The smallest absolute Gasteiger partial charge is 0.343 e. The van der Waals surface area contributed by atoms with Crippen LogP contribution in [0.1, 0.15) is 30.4 Å². The van der Waals surface area contributed by atoms with Crippen LogP contribution in [-0.4, -0.2) is 47.5 Å². The van der Waals surface area contributed by atoms with Crippen LogP contribution in [0.5, 0.6) is 0 Å². The number of nitrogens with zero attached hydrogens (tertiary/aromatic N) is 1. The number of hydrogen-bond donors (Lipinski definition) is 6. The summed E-state index contributed by atoms with van der Waals surface area (Å²) >= 11 is 0. The molecule has 1 aromatic heterocycles. The summed E-state index contributed by atoms with van der Waals surface area (Å²) in [5, 5.41) is 6.16. The van der Waals surface area contributed by atoms with Gasteiger partial charge in [0.15, 0.2) is 0 Å². The van der Waals surface area contributed by atoms with Crippen molar-refractivity contribution >= 4 is 28.4 Å². The molecule has 0 saturated heterocycles. The van der Waals surface area contributed by atoms with Gasteiger partial charge in [0.1, 0.15) is 6.04 Å². The molecule has 0 saturated carbocycles. The van der Waals surface area contributed by atoms with E-state index in [0.29, 0.717) is 24.1 Å². The van der Waals surface area contributed by atoms with E-state index in [0.717, 1.165) is 23.0 Å². The summed E-state index contributed by atoms with van der Waals surface area (Å²) in [6.45, 7) is 0.563. The Morgan fingerprint density at radius 3 is 2.21 bits per heavy atom. The maximum atomic E-state index is 13.3. The molecule has 1 heterocycles. The third-order valence-corrected chi connectivity index (χ3v) is 6.46. The Morgan fingerprint density at radius 2 is 1.59 bits per heavy atom. The summed E-state index contributed by atoms with van der Waals surface area (Å²) in [4.78, 5) is 30.7. The van der Waals surface area contributed by atoms with Gasteiger partial charge in [-0.1, -0.05) is 30.3 Å². The highest BCUT2D eigenvalue weighted by atomic mass is 19.4. The van der Waals surface area contributed by atoms with Crippen molar-refractivity contribution in [2.75, 3.05) is 18.4 Å². The lowest BCUT2D eigenvalue weighted by atomic mass is 9.85. The summed E-state index contributed by atoms with van der Waals surface area (Å²) in [6, 6.07) is 11.2. The first-order chi connectivity index (χ1) is 18.4. The lowest BCUT2D eigenvalue weighted by Gasteiger charge is -2.31. The quantitative estimate of drug-likeness (QED) is 0.202. The SMILES string of the molecule is NCCC(N)(CCN)C[C@H](N)C(=O)N[C@H](Cc1ccc(C(F)(F)F)cc1)C(=O)Nc1cnc2ccccc2c1. The van der Waals surface area contributed by atoms with Crippen LogP contribution in [0.15, 0.2) is 60.8 Å². The summed E-state index contributed by atoms with van der Waals surface area (Å²) in [6.07, 6.45) is -2.23. The first-order valence-corrected chi connectivity index (χ1v) is 12.5. The van der Waals surface area contributed by atoms with Gasteiger partial charge in [0.05, 0.1) is 29.0 Å². The van der Waals surface area contributed by atoms with Crippen LogP contribution in [0.2, 0.25) is 0 Å². The topological polar surface area (TPSA) is 175 Å². The molecule has 12 heteroatoms. The number of aromatic nitrogens is 1. The van der Waals surface area contributed by atoms with Crippen molar-refractivity contribution in [3.8, 4) is 0 Å². The molecule has 0 aliphatic carbocycles. The zero-order valence-corrected chi connectivity index (χ0v) is 21.4. The lowest BCUT2D eigenvalue weighted by Crippen LogP contribution is -2.55. The molecule has 0 unspecified atom stereocenters. The highest BCUT2D eigenvalue weighted by Crippen LogP contribution is 2.29. The molecule has 2 aromatic carbocycles. The van der Waals surface area contributed by atoms with Gasteiger partial charge in [-0.25, -0.2) is 0 Å². The fourth-order valence-corrected chi connectivity index (χ4v) is 4.36. The predicted octanol–water partition coefficient (Wildman–Crippen LogP) is 2.03. The third kappa shape index (κ3) is 8.45. The molecular formula is C27H34F3N7O2. The molecule has 10 N–H and O–H groups in total. The Kier molecular flexibility index (Phi) is 9.97. The van der Waals surface area contributed by atoms with Gasteiger partial charge < -0.3 is 33.6 Å². The van der Waals surface area contributed by atoms with Crippen LogP contribution in [0.25, 0.3) is 10.9 Å². The van der Waals surface area contributed by atoms with Gasteiger partial charge in [0.25, 0.3) is 0 Å². The number of anilines is 1. The molecule has 0 radical (unpaired) electrons. The van der Waals surface area contributed by atoms with Gasteiger partial charge in [0, 0.05) is 17.3 Å². The van der Waals surface area contributed by atoms with E-state index < -0.39 is 41.2 Å². The number of rotatable bonds is 12. The molecule has 210 valence electrons. The highest BCUT2D eigenvalue weighted by molar-refractivity contribution is 5.99. The van der Waals surface area contributed by atoms with E-state index in [4.69, 9.17) is 22.9 Å². The van der Waals surface area contributed by atoms with Crippen LogP contribution in [0.3, 0.4) is 0 Å². The van der Waals surface area contributed by atoms with E-state index in [1.54, 1.807) is 6.07 Å². The van der Waals surface area contributed by atoms with Crippen LogP contribution in [0.4, 0.5) is 18.9 Å². The molecule has 0 aliphatic rings. The van der Waals surface area contributed by atoms with Crippen molar-refractivity contribution in [1.82, 2.24) is 10.3 Å². The van der Waals surface area contributed by atoms with Crippen LogP contribution >= 0.6 is 0 Å². The number of nitrogens with two attached hydrogens (primary N) is 4. The molecule has 0 bridgehead atoms. The fraction of sp³-hybridized carbons (Fsp3) is 0.370. The molecule has 2 amide bonds. The normalized spacial score (nSPS) is 13.6. The lowest BCUT2D eigenvalue weighted by molar-refractivity contribution is -0.137. The maximum Gasteiger partial charge on any atom is 0.416 e. The Morgan fingerprint density at radius 1 is 0.949 bits per heavy atom. The van der Waals surface area contributed by atoms with Crippen LogP contribution in [0, 0.1) is 0 Å². The van der Waals surface area contributed by atoms with Gasteiger partial charge in [-0.3, -0.25) is 14.6 Å². The Balaban J connectivity index is 1.80. The van der Waals surface area contributed by atoms with Gasteiger partial charge in [0.2, 0.25) is 11.8 Å². The van der Waals surface area contributed by atoms with E-state index in [9.17, 15) is 22.8 Å². The van der Waals surface area contributed by atoms with Crippen molar-refractivity contribution < 1.29 is 22.8 Å². The Hall–Kier alpha value is -3.58. The molecule has 9 nitrogen and oxygen atoms in total. The number of amides is 2. The number of carbonyl (C=O) groups excluding carboxylic acids is 2. The predicted molar refractivity (Wildman–Crippen MR) is 144 cm³/mol. The molecule has 3 rings (SSSR count). The van der Waals surface area contributed by atoms with Crippen LogP contribution in [-0.2, 0) is 22.2 Å². The summed E-state index contributed by atoms with van der Waals surface area (Å²) in [5.74, 6) is -1.22. The van der Waals surface area contributed by atoms with Crippen molar-refractivity contribution in [2.24, 2.45) is 22.9 Å². The largest absolute Gasteiger partial charge is 0.416 e. The number of carbonyl (C=O) groups is 2. The van der Waals surface area contributed by atoms with Crippen LogP contribution < -0.4 is 33.6 Å². The van der Waals surface area contributed by atoms with Gasteiger partial charge in [-0.2, -0.15) is 13.2 Å². The summed E-state index contributed by atoms with van der Waals surface area (Å²) in [5.41, 5.74) is 23.7. The number of benzene rings is 2. The second-order valence-corrected chi connectivity index (χ2v) is 9.62. The first kappa shape index (κ1) is 30.0. The van der Waals surface area contributed by atoms with E-state index in [-0.39, 0.29) is 25.9 Å². The third-order valence-electron chi connectivity index (χ3n) is 6.46. The molecular weight excluding hydrogens is 511 g/mol. The summed E-state index contributed by atoms with van der Waals surface area (Å²) < 4.78 is 39.0. The highest BCUT2D eigenvalue weighted by Gasteiger charge is 2.32. The first-order valence-electron chi connectivity index (χ1n) is 12.5. The van der Waals surface area contributed by atoms with Gasteiger partial charge >= 0.3 is 6.18 Å². The molecule has 0 fully saturated rings. The zero-order valence-electron chi connectivity index (χ0n) is 21.4. The molecule has 3 aromatic rings. The van der Waals surface area contributed by atoms with E-state index >= 15 is 0 Å². The van der Waals surface area contributed by atoms with E-state index in [1.165, 1.54) is 18.3 Å². The number of alkyl halides is 3. The molecule has 0 spiro atoms. The minimum atomic E-state index is -4.50. The fourth-order valence-electron chi connectivity index (χ4n) is 4.36. The Bertz CT molecular complexity index is 1260. The number of halogens is 3.